The highest BCUT2D eigenvalue weighted by atomic mass is 32.2. The smallest absolute Gasteiger partial charge is 0.338 e. The second-order valence-electron chi connectivity index (χ2n) is 8.10. The van der Waals surface area contributed by atoms with Gasteiger partial charge in [-0.15, -0.1) is 11.8 Å². The molecule has 2 atom stereocenters. The Hall–Kier alpha value is -3.00. The summed E-state index contributed by atoms with van der Waals surface area (Å²) in [5.41, 5.74) is 0.933. The topological polar surface area (TPSA) is 84.9 Å². The molecule has 0 aliphatic carbocycles. The van der Waals surface area contributed by atoms with E-state index >= 15 is 0 Å². The number of piperidine rings is 1. The molecule has 2 aromatic rings. The number of ether oxygens (including phenoxy) is 2. The number of benzene rings is 2. The number of anilines is 1. The van der Waals surface area contributed by atoms with E-state index < -0.39 is 11.9 Å². The largest absolute Gasteiger partial charge is 0.484 e. The lowest BCUT2D eigenvalue weighted by molar-refractivity contribution is -0.139. The van der Waals surface area contributed by atoms with Crippen LogP contribution in [0.15, 0.2) is 53.4 Å². The lowest BCUT2D eigenvalue weighted by Crippen LogP contribution is -2.49. The number of carbonyl (C=O) groups is 3. The molecule has 1 aliphatic rings. The molecule has 2 unspecified atom stereocenters. The molecular weight excluding hydrogens is 440 g/mol. The number of nitrogens with zero attached hydrogens (tertiary/aromatic N) is 1. The van der Waals surface area contributed by atoms with E-state index in [4.69, 9.17) is 9.47 Å². The molecule has 1 N–H and O–H groups in total. The summed E-state index contributed by atoms with van der Waals surface area (Å²) in [6.07, 6.45) is 5.13. The Morgan fingerprint density at radius 1 is 0.970 bits per heavy atom. The van der Waals surface area contributed by atoms with Gasteiger partial charge in [0, 0.05) is 22.7 Å². The molecule has 7 nitrogen and oxygen atoms in total. The van der Waals surface area contributed by atoms with Gasteiger partial charge in [0.05, 0.1) is 5.56 Å². The van der Waals surface area contributed by atoms with Crippen LogP contribution < -0.4 is 10.1 Å². The standard InChI is InChI=1S/C25H30N2O5S/c1-17-5-4-6-18(2)27(17)24(29)16-31-21-11-7-19(8-12-21)25(30)32-15-23(28)26-20-9-13-22(33-3)14-10-20/h7-14,17-18H,4-6,15-16H2,1-3H3,(H,26,28). The summed E-state index contributed by atoms with van der Waals surface area (Å²) in [4.78, 5) is 39.8. The molecule has 3 rings (SSSR count). The Kier molecular flexibility index (Phi) is 8.77. The summed E-state index contributed by atoms with van der Waals surface area (Å²) >= 11 is 1.61. The van der Waals surface area contributed by atoms with Crippen LogP contribution in [0.25, 0.3) is 0 Å². The minimum absolute atomic E-state index is 0.0349. The van der Waals surface area contributed by atoms with Gasteiger partial charge < -0.3 is 19.7 Å². The van der Waals surface area contributed by atoms with Crippen LogP contribution in [0.2, 0.25) is 0 Å². The van der Waals surface area contributed by atoms with Gasteiger partial charge >= 0.3 is 5.97 Å². The van der Waals surface area contributed by atoms with E-state index in [1.165, 1.54) is 0 Å². The fourth-order valence-electron chi connectivity index (χ4n) is 3.91. The van der Waals surface area contributed by atoms with Crippen LogP contribution in [-0.4, -0.2) is 54.2 Å². The van der Waals surface area contributed by atoms with Crippen molar-refractivity contribution >= 4 is 35.2 Å². The highest BCUT2D eigenvalue weighted by Crippen LogP contribution is 2.23. The molecule has 2 aromatic carbocycles. The zero-order valence-electron chi connectivity index (χ0n) is 19.2. The van der Waals surface area contributed by atoms with Gasteiger partial charge in [-0.25, -0.2) is 4.79 Å². The first kappa shape index (κ1) is 24.6. The third kappa shape index (κ3) is 6.99. The van der Waals surface area contributed by atoms with Gasteiger partial charge in [-0.1, -0.05) is 0 Å². The number of esters is 1. The highest BCUT2D eigenvalue weighted by molar-refractivity contribution is 7.98. The molecule has 1 saturated heterocycles. The van der Waals surface area contributed by atoms with Crippen molar-refractivity contribution in [1.82, 2.24) is 4.90 Å². The number of hydrogen-bond acceptors (Lipinski definition) is 6. The van der Waals surface area contributed by atoms with Crippen LogP contribution in [0, 0.1) is 0 Å². The summed E-state index contributed by atoms with van der Waals surface area (Å²) in [6, 6.07) is 14.1. The van der Waals surface area contributed by atoms with E-state index in [9.17, 15) is 14.4 Å². The van der Waals surface area contributed by atoms with Crippen molar-refractivity contribution < 1.29 is 23.9 Å². The molecule has 0 spiro atoms. The van der Waals surface area contributed by atoms with Gasteiger partial charge in [-0.05, 0) is 87.9 Å². The number of thioether (sulfide) groups is 1. The van der Waals surface area contributed by atoms with Crippen LogP contribution in [0.3, 0.4) is 0 Å². The first-order valence-corrected chi connectivity index (χ1v) is 12.2. The first-order chi connectivity index (χ1) is 15.9. The average molecular weight is 471 g/mol. The van der Waals surface area contributed by atoms with Crippen molar-refractivity contribution in [2.45, 2.75) is 50.1 Å². The molecule has 1 heterocycles. The second-order valence-corrected chi connectivity index (χ2v) is 8.98. The van der Waals surface area contributed by atoms with E-state index in [0.29, 0.717) is 17.0 Å². The van der Waals surface area contributed by atoms with Crippen molar-refractivity contribution in [2.75, 3.05) is 24.8 Å². The summed E-state index contributed by atoms with van der Waals surface area (Å²) in [5, 5.41) is 2.69. The van der Waals surface area contributed by atoms with Crippen LogP contribution >= 0.6 is 11.8 Å². The Labute approximate surface area is 198 Å². The monoisotopic (exact) mass is 470 g/mol. The quantitative estimate of drug-likeness (QED) is 0.456. The van der Waals surface area contributed by atoms with Crippen molar-refractivity contribution in [1.29, 1.82) is 0 Å². The predicted octanol–water partition coefficient (Wildman–Crippen LogP) is 4.37. The zero-order chi connectivity index (χ0) is 23.8. The maximum Gasteiger partial charge on any atom is 0.338 e. The number of carbonyl (C=O) groups excluding carboxylic acids is 3. The number of hydrogen-bond donors (Lipinski definition) is 1. The van der Waals surface area contributed by atoms with Crippen LogP contribution in [0.1, 0.15) is 43.5 Å². The minimum Gasteiger partial charge on any atom is -0.484 e. The molecule has 33 heavy (non-hydrogen) atoms. The molecule has 0 aromatic heterocycles. The normalized spacial score (nSPS) is 17.8. The van der Waals surface area contributed by atoms with E-state index in [0.717, 1.165) is 24.2 Å². The summed E-state index contributed by atoms with van der Waals surface area (Å²) in [6.45, 7) is 3.70. The first-order valence-electron chi connectivity index (χ1n) is 11.0. The fourth-order valence-corrected chi connectivity index (χ4v) is 4.31. The Balaban J connectivity index is 1.44. The highest BCUT2D eigenvalue weighted by Gasteiger charge is 2.29. The second kappa shape index (κ2) is 11.7. The van der Waals surface area contributed by atoms with Gasteiger partial charge in [-0.2, -0.15) is 0 Å². The fraction of sp³-hybridized carbons (Fsp3) is 0.400. The van der Waals surface area contributed by atoms with Crippen LogP contribution in [0.4, 0.5) is 5.69 Å². The van der Waals surface area contributed by atoms with Crippen LogP contribution in [-0.2, 0) is 14.3 Å². The molecule has 0 radical (unpaired) electrons. The summed E-state index contributed by atoms with van der Waals surface area (Å²) in [7, 11) is 0. The van der Waals surface area contributed by atoms with Crippen LogP contribution in [0.5, 0.6) is 5.75 Å². The molecular formula is C25H30N2O5S. The van der Waals surface area contributed by atoms with Gasteiger partial charge in [0.25, 0.3) is 11.8 Å². The molecule has 8 heteroatoms. The van der Waals surface area contributed by atoms with Crippen molar-refractivity contribution in [2.24, 2.45) is 0 Å². The Bertz CT molecular complexity index is 952. The third-order valence-corrected chi connectivity index (χ3v) is 6.39. The van der Waals surface area contributed by atoms with Crippen molar-refractivity contribution in [3.05, 3.63) is 54.1 Å². The Morgan fingerprint density at radius 2 is 1.61 bits per heavy atom. The SMILES string of the molecule is CSc1ccc(NC(=O)COC(=O)c2ccc(OCC(=O)N3C(C)CCCC3C)cc2)cc1. The van der Waals surface area contributed by atoms with E-state index in [1.54, 1.807) is 48.2 Å². The number of amides is 2. The van der Waals surface area contributed by atoms with E-state index in [1.807, 2.05) is 23.3 Å². The molecule has 2 amide bonds. The van der Waals surface area contributed by atoms with Crippen molar-refractivity contribution in [3.63, 3.8) is 0 Å². The molecule has 0 bridgehead atoms. The average Bonchev–Trinajstić information content (AvgIpc) is 2.82. The predicted molar refractivity (Wildman–Crippen MR) is 129 cm³/mol. The number of likely N-dealkylation sites (tertiary alicyclic amines) is 1. The Morgan fingerprint density at radius 3 is 2.21 bits per heavy atom. The van der Waals surface area contributed by atoms with Crippen molar-refractivity contribution in [3.8, 4) is 5.75 Å². The zero-order valence-corrected chi connectivity index (χ0v) is 20.0. The molecule has 0 saturated carbocycles. The van der Waals surface area contributed by atoms with Gasteiger partial charge in [0.1, 0.15) is 5.75 Å². The van der Waals surface area contributed by atoms with Gasteiger partial charge in [0.2, 0.25) is 0 Å². The molecule has 176 valence electrons. The number of rotatable bonds is 8. The summed E-state index contributed by atoms with van der Waals surface area (Å²) < 4.78 is 10.7. The lowest BCUT2D eigenvalue weighted by Gasteiger charge is -2.38. The molecule has 1 aliphatic heterocycles. The maximum absolute atomic E-state index is 12.6. The maximum atomic E-state index is 12.6. The van der Waals surface area contributed by atoms with E-state index in [-0.39, 0.29) is 31.2 Å². The molecule has 1 fully saturated rings. The summed E-state index contributed by atoms with van der Waals surface area (Å²) in [5.74, 6) is -0.572. The lowest BCUT2D eigenvalue weighted by atomic mass is 9.97. The number of nitrogens with one attached hydrogen (secondary N) is 1. The third-order valence-electron chi connectivity index (χ3n) is 5.64. The van der Waals surface area contributed by atoms with E-state index in [2.05, 4.69) is 19.2 Å². The van der Waals surface area contributed by atoms with Gasteiger partial charge in [-0.3, -0.25) is 9.59 Å². The minimum atomic E-state index is -0.610. The van der Waals surface area contributed by atoms with Gasteiger partial charge in [0.15, 0.2) is 13.2 Å².